The number of aliphatic hydroxyl groups is 1. The molecule has 5 nitrogen and oxygen atoms in total. The number of β-amino-alcohol motifs (C(OH)–C–C–N with tert-alkyl or cyclic N) is 1. The topological polar surface area (TPSA) is 71.2 Å². The lowest BCUT2D eigenvalue weighted by atomic mass is 10.1. The van der Waals surface area contributed by atoms with Crippen molar-refractivity contribution >= 4 is 15.9 Å². The van der Waals surface area contributed by atoms with E-state index in [4.69, 9.17) is 4.52 Å². The zero-order valence-corrected chi connectivity index (χ0v) is 12.0. The number of hydrogen-bond acceptors (Lipinski definition) is 5. The molecular formula is C13H14BrN3O2. The third kappa shape index (κ3) is 2.56. The molecule has 0 radical (unpaired) electrons. The maximum atomic E-state index is 9.50. The van der Waals surface area contributed by atoms with Gasteiger partial charge in [-0.1, -0.05) is 21.1 Å². The first-order valence-corrected chi connectivity index (χ1v) is 6.94. The first-order valence-electron chi connectivity index (χ1n) is 6.15. The molecule has 2 heterocycles. The second kappa shape index (κ2) is 5.03. The van der Waals surface area contributed by atoms with Crippen LogP contribution in [0.25, 0.3) is 11.4 Å². The van der Waals surface area contributed by atoms with Crippen LogP contribution in [0.2, 0.25) is 0 Å². The average Bonchev–Trinajstić information content (AvgIpc) is 2.97. The Hall–Kier alpha value is -1.24. The van der Waals surface area contributed by atoms with Crippen molar-refractivity contribution in [2.45, 2.75) is 25.5 Å². The normalized spacial score (nSPS) is 22.9. The Balaban J connectivity index is 1.88. The summed E-state index contributed by atoms with van der Waals surface area (Å²) in [7, 11) is 0. The lowest BCUT2D eigenvalue weighted by Gasteiger charge is -2.02. The van der Waals surface area contributed by atoms with Crippen LogP contribution in [0.5, 0.6) is 0 Å². The molecule has 0 saturated carbocycles. The van der Waals surface area contributed by atoms with Gasteiger partial charge in [-0.05, 0) is 37.1 Å². The molecule has 0 aliphatic carbocycles. The summed E-state index contributed by atoms with van der Waals surface area (Å²) in [5.74, 6) is 1.12. The molecule has 1 saturated heterocycles. The van der Waals surface area contributed by atoms with Crippen LogP contribution < -0.4 is 5.32 Å². The third-order valence-electron chi connectivity index (χ3n) is 3.28. The lowest BCUT2D eigenvalue weighted by Crippen LogP contribution is -2.15. The van der Waals surface area contributed by atoms with Gasteiger partial charge in [0.15, 0.2) is 0 Å². The van der Waals surface area contributed by atoms with Gasteiger partial charge in [-0.2, -0.15) is 4.98 Å². The molecule has 100 valence electrons. The van der Waals surface area contributed by atoms with Gasteiger partial charge in [0.2, 0.25) is 11.7 Å². The smallest absolute Gasteiger partial charge is 0.244 e. The minimum absolute atomic E-state index is 0.0491. The molecule has 1 aliphatic rings. The molecule has 1 aliphatic heterocycles. The molecule has 2 aromatic rings. The standard InChI is InChI=1S/C13H14BrN3O2/c1-7-4-8(14)2-3-10(7)12-16-13(19-17-12)11-5-9(18)6-15-11/h2-4,9,11,15,18H,5-6H2,1H3/t9-,11+/m1/s1. The molecule has 19 heavy (non-hydrogen) atoms. The lowest BCUT2D eigenvalue weighted by molar-refractivity contribution is 0.191. The van der Waals surface area contributed by atoms with Gasteiger partial charge in [0.1, 0.15) is 0 Å². The Kier molecular flexibility index (Phi) is 3.38. The predicted molar refractivity (Wildman–Crippen MR) is 73.5 cm³/mol. The molecule has 6 heteroatoms. The van der Waals surface area contributed by atoms with Crippen molar-refractivity contribution in [2.24, 2.45) is 0 Å². The van der Waals surface area contributed by atoms with Gasteiger partial charge in [0.25, 0.3) is 0 Å². The number of aliphatic hydroxyl groups excluding tert-OH is 1. The number of halogens is 1. The van der Waals surface area contributed by atoms with Crippen LogP contribution >= 0.6 is 15.9 Å². The zero-order valence-electron chi connectivity index (χ0n) is 10.4. The first-order chi connectivity index (χ1) is 9.13. The van der Waals surface area contributed by atoms with E-state index in [2.05, 4.69) is 31.4 Å². The SMILES string of the molecule is Cc1cc(Br)ccc1-c1noc([C@@H]2C[C@@H](O)CN2)n1. The van der Waals surface area contributed by atoms with Gasteiger partial charge in [0.05, 0.1) is 12.1 Å². The van der Waals surface area contributed by atoms with E-state index in [-0.39, 0.29) is 12.1 Å². The van der Waals surface area contributed by atoms with Crippen molar-refractivity contribution < 1.29 is 9.63 Å². The number of benzene rings is 1. The summed E-state index contributed by atoms with van der Waals surface area (Å²) in [6, 6.07) is 5.89. The number of nitrogens with one attached hydrogen (secondary N) is 1. The summed E-state index contributed by atoms with van der Waals surface area (Å²) in [5, 5.41) is 16.7. The number of aromatic nitrogens is 2. The highest BCUT2D eigenvalue weighted by Gasteiger charge is 2.28. The Morgan fingerprint density at radius 2 is 2.32 bits per heavy atom. The minimum Gasteiger partial charge on any atom is -0.392 e. The summed E-state index contributed by atoms with van der Waals surface area (Å²) in [5.41, 5.74) is 2.04. The third-order valence-corrected chi connectivity index (χ3v) is 3.77. The van der Waals surface area contributed by atoms with Gasteiger partial charge >= 0.3 is 0 Å². The van der Waals surface area contributed by atoms with Crippen molar-refractivity contribution in [1.82, 2.24) is 15.5 Å². The molecule has 0 unspecified atom stereocenters. The maximum Gasteiger partial charge on any atom is 0.244 e. The van der Waals surface area contributed by atoms with E-state index >= 15 is 0 Å². The molecule has 0 spiro atoms. The molecule has 2 atom stereocenters. The summed E-state index contributed by atoms with van der Waals surface area (Å²) in [6.45, 7) is 2.58. The van der Waals surface area contributed by atoms with Crippen molar-refractivity contribution in [3.05, 3.63) is 34.1 Å². The van der Waals surface area contributed by atoms with E-state index < -0.39 is 0 Å². The van der Waals surface area contributed by atoms with Crippen molar-refractivity contribution in [3.63, 3.8) is 0 Å². The Bertz CT molecular complexity index is 599. The van der Waals surface area contributed by atoms with E-state index in [0.717, 1.165) is 15.6 Å². The van der Waals surface area contributed by atoms with Crippen LogP contribution in [0.15, 0.2) is 27.2 Å². The quantitative estimate of drug-likeness (QED) is 0.886. The molecule has 0 bridgehead atoms. The molecule has 1 aromatic carbocycles. The fourth-order valence-electron chi connectivity index (χ4n) is 2.27. The van der Waals surface area contributed by atoms with Gasteiger partial charge in [-0.3, -0.25) is 0 Å². The van der Waals surface area contributed by atoms with Crippen LogP contribution in [0.1, 0.15) is 23.9 Å². The highest BCUT2D eigenvalue weighted by atomic mass is 79.9. The van der Waals surface area contributed by atoms with Crippen molar-refractivity contribution in [3.8, 4) is 11.4 Å². The molecule has 3 rings (SSSR count). The number of rotatable bonds is 2. The molecule has 2 N–H and O–H groups in total. The predicted octanol–water partition coefficient (Wildman–Crippen LogP) is 2.20. The van der Waals surface area contributed by atoms with Crippen LogP contribution in [0, 0.1) is 6.92 Å². The Morgan fingerprint density at radius 3 is 3.00 bits per heavy atom. The molecule has 1 fully saturated rings. The Labute approximate surface area is 119 Å². The average molecular weight is 324 g/mol. The molecule has 0 amide bonds. The van der Waals surface area contributed by atoms with Gasteiger partial charge in [-0.15, -0.1) is 0 Å². The summed E-state index contributed by atoms with van der Waals surface area (Å²) in [4.78, 5) is 4.42. The number of aryl methyl sites for hydroxylation is 1. The van der Waals surface area contributed by atoms with E-state index in [1.54, 1.807) is 0 Å². The fourth-order valence-corrected chi connectivity index (χ4v) is 2.74. The number of nitrogens with zero attached hydrogens (tertiary/aromatic N) is 2. The van der Waals surface area contributed by atoms with E-state index in [1.807, 2.05) is 25.1 Å². The first kappa shape index (κ1) is 12.8. The fraction of sp³-hybridized carbons (Fsp3) is 0.385. The highest BCUT2D eigenvalue weighted by molar-refractivity contribution is 9.10. The van der Waals surface area contributed by atoms with Crippen LogP contribution in [-0.4, -0.2) is 27.9 Å². The molecule has 1 aromatic heterocycles. The summed E-state index contributed by atoms with van der Waals surface area (Å²) in [6.07, 6.45) is 0.274. The molecular weight excluding hydrogens is 310 g/mol. The zero-order chi connectivity index (χ0) is 13.4. The second-order valence-corrected chi connectivity index (χ2v) is 5.68. The summed E-state index contributed by atoms with van der Waals surface area (Å²) >= 11 is 3.43. The van der Waals surface area contributed by atoms with Crippen molar-refractivity contribution in [2.75, 3.05) is 6.54 Å². The van der Waals surface area contributed by atoms with Gasteiger partial charge in [-0.25, -0.2) is 0 Å². The largest absolute Gasteiger partial charge is 0.392 e. The van der Waals surface area contributed by atoms with E-state index in [9.17, 15) is 5.11 Å². The minimum atomic E-state index is -0.338. The monoisotopic (exact) mass is 323 g/mol. The van der Waals surface area contributed by atoms with Gasteiger partial charge in [0, 0.05) is 16.6 Å². The van der Waals surface area contributed by atoms with Crippen LogP contribution in [0.4, 0.5) is 0 Å². The number of hydrogen-bond donors (Lipinski definition) is 2. The second-order valence-electron chi connectivity index (χ2n) is 4.77. The van der Waals surface area contributed by atoms with Crippen molar-refractivity contribution in [1.29, 1.82) is 0 Å². The highest BCUT2D eigenvalue weighted by Crippen LogP contribution is 2.27. The Morgan fingerprint density at radius 1 is 1.47 bits per heavy atom. The van der Waals surface area contributed by atoms with Crippen LogP contribution in [0.3, 0.4) is 0 Å². The maximum absolute atomic E-state index is 9.50. The summed E-state index contributed by atoms with van der Waals surface area (Å²) < 4.78 is 6.32. The van der Waals surface area contributed by atoms with E-state index in [1.165, 1.54) is 0 Å². The van der Waals surface area contributed by atoms with Gasteiger partial charge < -0.3 is 14.9 Å². The van der Waals surface area contributed by atoms with E-state index in [0.29, 0.717) is 24.7 Å². The van der Waals surface area contributed by atoms with Crippen LogP contribution in [-0.2, 0) is 0 Å².